The van der Waals surface area contributed by atoms with E-state index >= 15 is 0 Å². The maximum atomic E-state index is 10.6. The minimum Gasteiger partial charge on any atom is -0.480 e. The van der Waals surface area contributed by atoms with Crippen LogP contribution in [-0.2, 0) is 4.79 Å². The molecule has 0 aromatic carbocycles. The van der Waals surface area contributed by atoms with E-state index in [2.05, 4.69) is 12.6 Å². The van der Waals surface area contributed by atoms with Crippen LogP contribution in [0, 0.1) is 0 Å². The molecule has 12 heavy (non-hydrogen) atoms. The molecule has 0 aliphatic carbocycles. The highest BCUT2D eigenvalue weighted by Gasteiger charge is 2.40. The number of amides is 1. The van der Waals surface area contributed by atoms with Crippen LogP contribution in [0.25, 0.3) is 0 Å². The Morgan fingerprint density at radius 1 is 1.42 bits per heavy atom. The smallest absolute Gasteiger partial charge is 0.408 e. The normalized spacial score (nSPS) is 28.9. The molecule has 1 rings (SSSR count). The number of hydrogen-bond acceptors (Lipinski definition) is 3. The highest BCUT2D eigenvalue weighted by molar-refractivity contribution is 7.81. The zero-order chi connectivity index (χ0) is 9.30. The summed E-state index contributed by atoms with van der Waals surface area (Å²) in [7, 11) is 0. The Morgan fingerprint density at radius 3 is 2.33 bits per heavy atom. The number of nitrogens with zero attached hydrogens (tertiary/aromatic N) is 1. The topological polar surface area (TPSA) is 77.8 Å². The Kier molecular flexibility index (Phi) is 2.46. The average Bonchev–Trinajstić information content (AvgIpc) is 2.30. The minimum absolute atomic E-state index is 0.250. The van der Waals surface area contributed by atoms with Gasteiger partial charge in [-0.3, -0.25) is 4.90 Å². The van der Waals surface area contributed by atoms with Crippen molar-refractivity contribution in [3.63, 3.8) is 0 Å². The quantitative estimate of drug-likeness (QED) is 0.514. The molecule has 1 amide bonds. The molecule has 68 valence electrons. The maximum absolute atomic E-state index is 10.6. The molecule has 0 unspecified atom stereocenters. The van der Waals surface area contributed by atoms with Gasteiger partial charge in [-0.05, 0) is 6.42 Å². The van der Waals surface area contributed by atoms with Crippen molar-refractivity contribution >= 4 is 24.7 Å². The molecule has 1 aliphatic heterocycles. The maximum Gasteiger partial charge on any atom is 0.408 e. The first-order chi connectivity index (χ1) is 5.54. The summed E-state index contributed by atoms with van der Waals surface area (Å²) in [6.07, 6.45) is -0.703. The molecule has 0 bridgehead atoms. The van der Waals surface area contributed by atoms with Gasteiger partial charge < -0.3 is 10.2 Å². The molecule has 1 aliphatic rings. The van der Waals surface area contributed by atoms with Crippen LogP contribution in [-0.4, -0.2) is 45.0 Å². The molecular weight excluding hydrogens is 182 g/mol. The van der Waals surface area contributed by atoms with Gasteiger partial charge in [0.1, 0.15) is 6.04 Å². The molecule has 1 saturated heterocycles. The van der Waals surface area contributed by atoms with Crippen molar-refractivity contribution < 1.29 is 19.8 Å². The van der Waals surface area contributed by atoms with Gasteiger partial charge in [-0.2, -0.15) is 12.6 Å². The lowest BCUT2D eigenvalue weighted by molar-refractivity contribution is -0.141. The molecule has 0 radical (unpaired) electrons. The Bertz CT molecular complexity index is 220. The van der Waals surface area contributed by atoms with Gasteiger partial charge in [0.2, 0.25) is 0 Å². The number of aliphatic carboxylic acids is 1. The lowest BCUT2D eigenvalue weighted by atomic mass is 10.2. The summed E-state index contributed by atoms with van der Waals surface area (Å²) in [6, 6.07) is -0.995. The van der Waals surface area contributed by atoms with Gasteiger partial charge in [0.15, 0.2) is 0 Å². The lowest BCUT2D eigenvalue weighted by Gasteiger charge is -2.18. The van der Waals surface area contributed by atoms with Crippen molar-refractivity contribution in [3.05, 3.63) is 0 Å². The van der Waals surface area contributed by atoms with E-state index in [1.807, 2.05) is 0 Å². The third kappa shape index (κ3) is 1.47. The highest BCUT2D eigenvalue weighted by atomic mass is 32.1. The van der Waals surface area contributed by atoms with E-state index in [4.69, 9.17) is 10.2 Å². The summed E-state index contributed by atoms with van der Waals surface area (Å²) >= 11 is 3.99. The summed E-state index contributed by atoms with van der Waals surface area (Å²) in [5.41, 5.74) is 0. The molecule has 1 heterocycles. The van der Waals surface area contributed by atoms with E-state index in [1.165, 1.54) is 0 Å². The zero-order valence-corrected chi connectivity index (χ0v) is 7.07. The van der Waals surface area contributed by atoms with E-state index in [1.54, 1.807) is 0 Å². The Labute approximate surface area is 74.4 Å². The van der Waals surface area contributed by atoms with Gasteiger partial charge in [-0.15, -0.1) is 0 Å². The van der Waals surface area contributed by atoms with Crippen LogP contribution in [0.2, 0.25) is 0 Å². The van der Waals surface area contributed by atoms with E-state index in [0.717, 1.165) is 4.90 Å². The summed E-state index contributed by atoms with van der Waals surface area (Å²) in [4.78, 5) is 22.0. The second-order valence-electron chi connectivity index (χ2n) is 2.62. The first-order valence-corrected chi connectivity index (χ1v) is 3.96. The van der Waals surface area contributed by atoms with Crippen LogP contribution in [0.4, 0.5) is 4.79 Å². The monoisotopic (exact) mass is 191 g/mol. The average molecular weight is 191 g/mol. The van der Waals surface area contributed by atoms with Gasteiger partial charge in [0.05, 0.1) is 0 Å². The SMILES string of the molecule is O=C(O)[C@@H]1[C@H](S)CCN1C(=O)O. The van der Waals surface area contributed by atoms with Gasteiger partial charge >= 0.3 is 12.1 Å². The fourth-order valence-electron chi connectivity index (χ4n) is 1.29. The Morgan fingerprint density at radius 2 is 2.00 bits per heavy atom. The molecule has 2 atom stereocenters. The minimum atomic E-state index is -1.20. The first-order valence-electron chi connectivity index (χ1n) is 3.44. The van der Waals surface area contributed by atoms with Crippen molar-refractivity contribution in [1.29, 1.82) is 0 Å². The Balaban J connectivity index is 2.77. The molecule has 0 aromatic rings. The zero-order valence-electron chi connectivity index (χ0n) is 6.17. The molecule has 0 saturated carbocycles. The largest absolute Gasteiger partial charge is 0.480 e. The lowest BCUT2D eigenvalue weighted by Crippen LogP contribution is -2.43. The van der Waals surface area contributed by atoms with E-state index < -0.39 is 23.4 Å². The fourth-order valence-corrected chi connectivity index (χ4v) is 1.69. The van der Waals surface area contributed by atoms with Crippen molar-refractivity contribution in [2.45, 2.75) is 17.7 Å². The van der Waals surface area contributed by atoms with Crippen molar-refractivity contribution in [1.82, 2.24) is 4.90 Å². The number of carboxylic acids is 1. The number of rotatable bonds is 1. The van der Waals surface area contributed by atoms with E-state index in [9.17, 15) is 9.59 Å². The summed E-state index contributed by atoms with van der Waals surface area (Å²) in [5.74, 6) is -1.13. The summed E-state index contributed by atoms with van der Waals surface area (Å²) in [6.45, 7) is 0.250. The van der Waals surface area contributed by atoms with E-state index in [0.29, 0.717) is 6.42 Å². The highest BCUT2D eigenvalue weighted by Crippen LogP contribution is 2.22. The van der Waals surface area contributed by atoms with Gasteiger partial charge in [0, 0.05) is 11.8 Å². The van der Waals surface area contributed by atoms with Crippen molar-refractivity contribution in [2.75, 3.05) is 6.54 Å². The molecule has 0 aromatic heterocycles. The number of thiol groups is 1. The Hall–Kier alpha value is -0.910. The summed E-state index contributed by atoms with van der Waals surface area (Å²) < 4.78 is 0. The molecule has 1 fully saturated rings. The molecule has 2 N–H and O–H groups in total. The van der Waals surface area contributed by atoms with Crippen LogP contribution in [0.5, 0.6) is 0 Å². The molecule has 6 heteroatoms. The molecular formula is C6H9NO4S. The molecule has 0 spiro atoms. The number of hydrogen-bond donors (Lipinski definition) is 3. The van der Waals surface area contributed by atoms with Crippen LogP contribution in [0.3, 0.4) is 0 Å². The third-order valence-electron chi connectivity index (χ3n) is 1.86. The first kappa shape index (κ1) is 9.18. The predicted molar refractivity (Wildman–Crippen MR) is 43.5 cm³/mol. The van der Waals surface area contributed by atoms with Crippen LogP contribution >= 0.6 is 12.6 Å². The number of carboxylic acid groups (broad SMARTS) is 2. The predicted octanol–water partition coefficient (Wildman–Crippen LogP) is 0.122. The summed E-state index contributed by atoms with van der Waals surface area (Å²) in [5, 5.41) is 16.8. The van der Waals surface area contributed by atoms with Crippen molar-refractivity contribution in [2.24, 2.45) is 0 Å². The number of likely N-dealkylation sites (tertiary alicyclic amines) is 1. The molecule has 5 nitrogen and oxygen atoms in total. The van der Waals surface area contributed by atoms with Gasteiger partial charge in [-0.25, -0.2) is 9.59 Å². The second-order valence-corrected chi connectivity index (χ2v) is 3.28. The van der Waals surface area contributed by atoms with Crippen LogP contribution in [0.1, 0.15) is 6.42 Å². The van der Waals surface area contributed by atoms with Crippen molar-refractivity contribution in [3.8, 4) is 0 Å². The fraction of sp³-hybridized carbons (Fsp3) is 0.667. The standard InChI is InChI=1S/C6H9NO4S/c8-5(9)4-3(12)1-2-7(4)6(10)11/h3-4,12H,1-2H2,(H,8,9)(H,10,11)/t3-,4+/m1/s1. The second kappa shape index (κ2) is 3.22. The number of carbonyl (C=O) groups is 2. The van der Waals surface area contributed by atoms with Crippen LogP contribution < -0.4 is 0 Å². The van der Waals surface area contributed by atoms with Gasteiger partial charge in [-0.1, -0.05) is 0 Å². The third-order valence-corrected chi connectivity index (χ3v) is 2.41. The van der Waals surface area contributed by atoms with Gasteiger partial charge in [0.25, 0.3) is 0 Å². The van der Waals surface area contributed by atoms with Crippen LogP contribution in [0.15, 0.2) is 0 Å². The van der Waals surface area contributed by atoms with E-state index in [-0.39, 0.29) is 6.54 Å².